The Bertz CT molecular complexity index is 932. The zero-order valence-corrected chi connectivity index (χ0v) is 15.5. The summed E-state index contributed by atoms with van der Waals surface area (Å²) in [4.78, 5) is 11.2. The van der Waals surface area contributed by atoms with Crippen molar-refractivity contribution in [1.82, 2.24) is 15.1 Å². The quantitative estimate of drug-likeness (QED) is 0.577. The van der Waals surface area contributed by atoms with Gasteiger partial charge in [0.1, 0.15) is 5.00 Å². The number of hydrogen-bond acceptors (Lipinski definition) is 2. The number of amides is 1. The van der Waals surface area contributed by atoms with Gasteiger partial charge in [0.05, 0.1) is 5.56 Å². The molecule has 0 aliphatic heterocycles. The normalized spacial score (nSPS) is 19.7. The SMILES string of the molecule is Cn1cc(C(=O)NC2(Cl)CC=CC=C2c2ccc(Cl)cc2)c(C(F)(F)F)n1. The molecule has 9 heteroatoms. The van der Waals surface area contributed by atoms with E-state index < -0.39 is 28.3 Å². The molecule has 1 unspecified atom stereocenters. The second kappa shape index (κ2) is 7.05. The molecule has 0 saturated carbocycles. The average Bonchev–Trinajstić information content (AvgIpc) is 2.98. The van der Waals surface area contributed by atoms with E-state index in [9.17, 15) is 18.0 Å². The summed E-state index contributed by atoms with van der Waals surface area (Å²) < 4.78 is 40.4. The van der Waals surface area contributed by atoms with Gasteiger partial charge in [-0.15, -0.1) is 0 Å². The van der Waals surface area contributed by atoms with E-state index in [-0.39, 0.29) is 6.42 Å². The molecule has 0 bridgehead atoms. The number of carbonyl (C=O) groups is 1. The number of halogens is 5. The van der Waals surface area contributed by atoms with E-state index in [0.29, 0.717) is 16.2 Å². The summed E-state index contributed by atoms with van der Waals surface area (Å²) in [5.74, 6) is -0.958. The molecule has 4 nitrogen and oxygen atoms in total. The number of aryl methyl sites for hydroxylation is 1. The first kappa shape index (κ1) is 19.5. The summed E-state index contributed by atoms with van der Waals surface area (Å²) in [5, 5.41) is 6.40. The van der Waals surface area contributed by atoms with Crippen LogP contribution in [0.1, 0.15) is 28.0 Å². The molecule has 1 amide bonds. The molecule has 1 heterocycles. The predicted molar refractivity (Wildman–Crippen MR) is 97.4 cm³/mol. The van der Waals surface area contributed by atoms with Crippen LogP contribution in [-0.2, 0) is 13.2 Å². The van der Waals surface area contributed by atoms with Crippen molar-refractivity contribution in [3.8, 4) is 0 Å². The standard InChI is InChI=1S/C18H14Cl2F3N3O/c1-26-10-13(15(25-26)18(21,22)23)16(27)24-17(20)9-3-2-4-14(17)11-5-7-12(19)8-6-11/h2-8,10H,9H2,1H3,(H,24,27). The number of allylic oxidation sites excluding steroid dienone is 2. The third-order valence-electron chi connectivity index (χ3n) is 4.03. The van der Waals surface area contributed by atoms with Crippen molar-refractivity contribution in [2.75, 3.05) is 0 Å². The van der Waals surface area contributed by atoms with Crippen LogP contribution in [0.5, 0.6) is 0 Å². The van der Waals surface area contributed by atoms with Crippen LogP contribution in [0, 0.1) is 0 Å². The van der Waals surface area contributed by atoms with Crippen LogP contribution in [0.15, 0.2) is 48.7 Å². The maximum Gasteiger partial charge on any atom is 0.435 e. The fourth-order valence-corrected chi connectivity index (χ4v) is 3.29. The first-order valence-electron chi connectivity index (χ1n) is 7.86. The Morgan fingerprint density at radius 2 is 1.96 bits per heavy atom. The van der Waals surface area contributed by atoms with Crippen molar-refractivity contribution < 1.29 is 18.0 Å². The van der Waals surface area contributed by atoms with E-state index in [1.807, 2.05) is 0 Å². The highest BCUT2D eigenvalue weighted by atomic mass is 35.5. The highest BCUT2D eigenvalue weighted by Gasteiger charge is 2.41. The summed E-state index contributed by atoms with van der Waals surface area (Å²) in [6.07, 6.45) is 1.66. The lowest BCUT2D eigenvalue weighted by Crippen LogP contribution is -2.45. The molecule has 3 rings (SSSR count). The molecule has 0 fully saturated rings. The minimum atomic E-state index is -4.76. The number of alkyl halides is 4. The molecule has 142 valence electrons. The topological polar surface area (TPSA) is 46.9 Å². The van der Waals surface area contributed by atoms with E-state index in [1.54, 1.807) is 42.5 Å². The summed E-state index contributed by atoms with van der Waals surface area (Å²) >= 11 is 12.5. The second-order valence-electron chi connectivity index (χ2n) is 6.04. The van der Waals surface area contributed by atoms with Crippen molar-refractivity contribution in [3.63, 3.8) is 0 Å². The molecule has 2 aromatic rings. The Kier molecular flexibility index (Phi) is 5.10. The maximum absolute atomic E-state index is 13.2. The molecule has 1 aliphatic carbocycles. The summed E-state index contributed by atoms with van der Waals surface area (Å²) in [6, 6.07) is 6.78. The molecule has 0 spiro atoms. The molecular weight excluding hydrogens is 402 g/mol. The van der Waals surface area contributed by atoms with Crippen LogP contribution < -0.4 is 5.32 Å². The van der Waals surface area contributed by atoms with Gasteiger partial charge in [-0.3, -0.25) is 9.48 Å². The smallest absolute Gasteiger partial charge is 0.329 e. The van der Waals surface area contributed by atoms with Crippen molar-refractivity contribution in [1.29, 1.82) is 0 Å². The molecule has 27 heavy (non-hydrogen) atoms. The van der Waals surface area contributed by atoms with Crippen molar-refractivity contribution >= 4 is 34.7 Å². The first-order valence-corrected chi connectivity index (χ1v) is 8.61. The van der Waals surface area contributed by atoms with Crippen molar-refractivity contribution in [2.24, 2.45) is 7.05 Å². The van der Waals surface area contributed by atoms with E-state index in [4.69, 9.17) is 23.2 Å². The van der Waals surface area contributed by atoms with Crippen molar-refractivity contribution in [3.05, 3.63) is 70.5 Å². The van der Waals surface area contributed by atoms with Gasteiger partial charge in [-0.2, -0.15) is 18.3 Å². The molecule has 0 saturated heterocycles. The van der Waals surface area contributed by atoms with Gasteiger partial charge in [0.2, 0.25) is 0 Å². The summed E-state index contributed by atoms with van der Waals surface area (Å²) in [6.45, 7) is 0. The average molecular weight is 416 g/mol. The van der Waals surface area contributed by atoms with Crippen LogP contribution in [0.2, 0.25) is 5.02 Å². The number of carbonyl (C=O) groups excluding carboxylic acids is 1. The number of nitrogens with zero attached hydrogens (tertiary/aromatic N) is 2. The van der Waals surface area contributed by atoms with E-state index in [1.165, 1.54) is 7.05 Å². The lowest BCUT2D eigenvalue weighted by Gasteiger charge is -2.32. The van der Waals surface area contributed by atoms with Crippen molar-refractivity contribution in [2.45, 2.75) is 17.6 Å². The van der Waals surface area contributed by atoms with Crippen LogP contribution in [0.3, 0.4) is 0 Å². The van der Waals surface area contributed by atoms with Gasteiger partial charge in [-0.1, -0.05) is 53.6 Å². The molecule has 1 atom stereocenters. The number of hydrogen-bond donors (Lipinski definition) is 1. The Morgan fingerprint density at radius 3 is 2.59 bits per heavy atom. The van der Waals surface area contributed by atoms with Gasteiger partial charge in [-0.25, -0.2) is 0 Å². The number of nitrogens with one attached hydrogen (secondary N) is 1. The Hall–Kier alpha value is -2.25. The largest absolute Gasteiger partial charge is 0.435 e. The zero-order chi connectivity index (χ0) is 19.8. The number of aromatic nitrogens is 2. The number of rotatable bonds is 3. The van der Waals surface area contributed by atoms with Crippen LogP contribution in [0.4, 0.5) is 13.2 Å². The first-order chi connectivity index (χ1) is 12.6. The third-order valence-corrected chi connectivity index (χ3v) is 4.74. The lowest BCUT2D eigenvalue weighted by atomic mass is 9.91. The minimum Gasteiger partial charge on any atom is -0.329 e. The molecule has 1 aliphatic rings. The number of benzene rings is 1. The molecule has 0 radical (unpaired) electrons. The van der Waals surface area contributed by atoms with Crippen LogP contribution in [-0.4, -0.2) is 20.7 Å². The maximum atomic E-state index is 13.2. The van der Waals surface area contributed by atoms with Gasteiger partial charge in [-0.05, 0) is 17.7 Å². The molecule has 1 N–H and O–H groups in total. The van der Waals surface area contributed by atoms with Gasteiger partial charge < -0.3 is 5.32 Å². The van der Waals surface area contributed by atoms with Gasteiger partial charge in [0, 0.05) is 30.3 Å². The highest BCUT2D eigenvalue weighted by molar-refractivity contribution is 6.32. The predicted octanol–water partition coefficient (Wildman–Crippen LogP) is 4.80. The Labute approximate surface area is 163 Å². The highest BCUT2D eigenvalue weighted by Crippen LogP contribution is 2.38. The van der Waals surface area contributed by atoms with Crippen LogP contribution in [0.25, 0.3) is 5.57 Å². The Balaban J connectivity index is 1.94. The molecule has 1 aromatic carbocycles. The zero-order valence-electron chi connectivity index (χ0n) is 14.0. The summed E-state index contributed by atoms with van der Waals surface area (Å²) in [7, 11) is 1.31. The van der Waals surface area contributed by atoms with Gasteiger partial charge in [0.25, 0.3) is 5.91 Å². The fourth-order valence-electron chi connectivity index (χ4n) is 2.82. The van der Waals surface area contributed by atoms with Crippen LogP contribution >= 0.6 is 23.2 Å². The fraction of sp³-hybridized carbons (Fsp3) is 0.222. The van der Waals surface area contributed by atoms with Gasteiger partial charge >= 0.3 is 6.18 Å². The Morgan fingerprint density at radius 1 is 1.30 bits per heavy atom. The lowest BCUT2D eigenvalue weighted by molar-refractivity contribution is -0.141. The minimum absolute atomic E-state index is 0.205. The third kappa shape index (κ3) is 4.04. The van der Waals surface area contributed by atoms with E-state index >= 15 is 0 Å². The molecular formula is C18H14Cl2F3N3O. The summed E-state index contributed by atoms with van der Waals surface area (Å²) in [5.41, 5.74) is -0.600. The second-order valence-corrected chi connectivity index (χ2v) is 7.12. The van der Waals surface area contributed by atoms with E-state index in [2.05, 4.69) is 10.4 Å². The monoisotopic (exact) mass is 415 g/mol. The van der Waals surface area contributed by atoms with Gasteiger partial charge in [0.15, 0.2) is 5.69 Å². The van der Waals surface area contributed by atoms with E-state index in [0.717, 1.165) is 10.9 Å². The molecule has 1 aromatic heterocycles.